The number of benzene rings is 1. The van der Waals surface area contributed by atoms with Gasteiger partial charge in [0.15, 0.2) is 0 Å². The Bertz CT molecular complexity index is 724. The standard InChI is InChI=1S/C17H20F2N4O/c1-22(2)17(24)12-8-20-21-16(12)11-6-7-23(9-11)10-13-14(18)4-3-5-15(13)19/h3-5,8,11H,6-7,9-10H2,1-2H3,(H,20,21). The van der Waals surface area contributed by atoms with Gasteiger partial charge in [0.25, 0.3) is 5.91 Å². The number of likely N-dealkylation sites (tertiary alicyclic amines) is 1. The molecule has 1 atom stereocenters. The van der Waals surface area contributed by atoms with Crippen molar-refractivity contribution in [3.63, 3.8) is 0 Å². The average molecular weight is 334 g/mol. The summed E-state index contributed by atoms with van der Waals surface area (Å²) in [6.07, 6.45) is 2.35. The molecule has 2 aromatic rings. The molecule has 0 bridgehead atoms. The van der Waals surface area contributed by atoms with Crippen molar-refractivity contribution < 1.29 is 13.6 Å². The highest BCUT2D eigenvalue weighted by Crippen LogP contribution is 2.30. The number of halogens is 2. The molecule has 0 aliphatic carbocycles. The van der Waals surface area contributed by atoms with Gasteiger partial charge < -0.3 is 4.90 Å². The molecular weight excluding hydrogens is 314 g/mol. The molecule has 0 spiro atoms. The Labute approximate surface area is 139 Å². The number of carbonyl (C=O) groups excluding carboxylic acids is 1. The molecule has 1 N–H and O–H groups in total. The molecule has 0 radical (unpaired) electrons. The van der Waals surface area contributed by atoms with Gasteiger partial charge in [0.1, 0.15) is 11.6 Å². The Hall–Kier alpha value is -2.28. The Balaban J connectivity index is 1.73. The number of nitrogens with zero attached hydrogens (tertiary/aromatic N) is 3. The van der Waals surface area contributed by atoms with Crippen LogP contribution in [0, 0.1) is 11.6 Å². The van der Waals surface area contributed by atoms with Crippen molar-refractivity contribution in [2.75, 3.05) is 27.2 Å². The molecule has 0 saturated carbocycles. The number of hydrogen-bond donors (Lipinski definition) is 1. The lowest BCUT2D eigenvalue weighted by Crippen LogP contribution is -2.24. The third-order valence-corrected chi connectivity index (χ3v) is 4.43. The second-order valence-corrected chi connectivity index (χ2v) is 6.32. The fourth-order valence-electron chi connectivity index (χ4n) is 3.14. The van der Waals surface area contributed by atoms with Crippen molar-refractivity contribution in [1.82, 2.24) is 20.0 Å². The molecule has 1 aromatic heterocycles. The van der Waals surface area contributed by atoms with Gasteiger partial charge in [-0.3, -0.25) is 14.8 Å². The molecule has 2 heterocycles. The predicted octanol–water partition coefficient (Wildman–Crippen LogP) is 2.38. The van der Waals surface area contributed by atoms with Crippen molar-refractivity contribution >= 4 is 5.91 Å². The zero-order chi connectivity index (χ0) is 17.3. The van der Waals surface area contributed by atoms with Gasteiger partial charge in [-0.05, 0) is 25.1 Å². The molecule has 3 rings (SSSR count). The van der Waals surface area contributed by atoms with E-state index in [4.69, 9.17) is 0 Å². The molecule has 7 heteroatoms. The summed E-state index contributed by atoms with van der Waals surface area (Å²) >= 11 is 0. The maximum Gasteiger partial charge on any atom is 0.256 e. The summed E-state index contributed by atoms with van der Waals surface area (Å²) in [6.45, 7) is 1.57. The molecule has 1 fully saturated rings. The highest BCUT2D eigenvalue weighted by molar-refractivity contribution is 5.94. The summed E-state index contributed by atoms with van der Waals surface area (Å²) in [7, 11) is 3.39. The summed E-state index contributed by atoms with van der Waals surface area (Å²) in [5, 5.41) is 6.91. The van der Waals surface area contributed by atoms with E-state index in [0.29, 0.717) is 18.7 Å². The topological polar surface area (TPSA) is 52.2 Å². The number of hydrogen-bond acceptors (Lipinski definition) is 3. The van der Waals surface area contributed by atoms with Gasteiger partial charge in [-0.2, -0.15) is 5.10 Å². The van der Waals surface area contributed by atoms with Crippen LogP contribution in [-0.2, 0) is 6.54 Å². The van der Waals surface area contributed by atoms with Gasteiger partial charge in [-0.1, -0.05) is 6.07 Å². The van der Waals surface area contributed by atoms with Crippen molar-refractivity contribution in [1.29, 1.82) is 0 Å². The number of amides is 1. The zero-order valence-electron chi connectivity index (χ0n) is 13.7. The van der Waals surface area contributed by atoms with Gasteiger partial charge in [0, 0.05) is 38.7 Å². The molecular formula is C17H20F2N4O. The van der Waals surface area contributed by atoms with E-state index in [1.54, 1.807) is 14.1 Å². The van der Waals surface area contributed by atoms with Crippen molar-refractivity contribution in [2.24, 2.45) is 0 Å². The fraction of sp³-hybridized carbons (Fsp3) is 0.412. The second-order valence-electron chi connectivity index (χ2n) is 6.32. The van der Waals surface area contributed by atoms with Crippen LogP contribution in [-0.4, -0.2) is 53.1 Å². The average Bonchev–Trinajstić information content (AvgIpc) is 3.19. The number of aromatic amines is 1. The van der Waals surface area contributed by atoms with Crippen LogP contribution < -0.4 is 0 Å². The monoisotopic (exact) mass is 334 g/mol. The maximum absolute atomic E-state index is 13.8. The Morgan fingerprint density at radius 3 is 2.75 bits per heavy atom. The molecule has 128 valence electrons. The van der Waals surface area contributed by atoms with Gasteiger partial charge in [-0.25, -0.2) is 8.78 Å². The summed E-state index contributed by atoms with van der Waals surface area (Å²) in [6, 6.07) is 3.91. The van der Waals surface area contributed by atoms with Crippen LogP contribution in [0.4, 0.5) is 8.78 Å². The van der Waals surface area contributed by atoms with Crippen LogP contribution in [0.5, 0.6) is 0 Å². The van der Waals surface area contributed by atoms with E-state index >= 15 is 0 Å². The molecule has 24 heavy (non-hydrogen) atoms. The van der Waals surface area contributed by atoms with E-state index in [1.807, 2.05) is 4.90 Å². The summed E-state index contributed by atoms with van der Waals surface area (Å²) in [5.74, 6) is -1.05. The van der Waals surface area contributed by atoms with E-state index in [9.17, 15) is 13.6 Å². The van der Waals surface area contributed by atoms with Gasteiger partial charge in [-0.15, -0.1) is 0 Å². The minimum atomic E-state index is -0.525. The largest absolute Gasteiger partial charge is 0.345 e. The van der Waals surface area contributed by atoms with Gasteiger partial charge in [0.2, 0.25) is 0 Å². The van der Waals surface area contributed by atoms with Crippen LogP contribution in [0.15, 0.2) is 24.4 Å². The predicted molar refractivity (Wildman–Crippen MR) is 85.6 cm³/mol. The zero-order valence-corrected chi connectivity index (χ0v) is 13.7. The van der Waals surface area contributed by atoms with Crippen LogP contribution >= 0.6 is 0 Å². The molecule has 1 aromatic carbocycles. The maximum atomic E-state index is 13.8. The first kappa shape index (κ1) is 16.6. The summed E-state index contributed by atoms with van der Waals surface area (Å²) in [4.78, 5) is 15.7. The smallest absolute Gasteiger partial charge is 0.256 e. The quantitative estimate of drug-likeness (QED) is 0.934. The van der Waals surface area contributed by atoms with Crippen LogP contribution in [0.2, 0.25) is 0 Å². The Morgan fingerprint density at radius 2 is 2.08 bits per heavy atom. The third kappa shape index (κ3) is 3.17. The van der Waals surface area contributed by atoms with E-state index < -0.39 is 11.6 Å². The van der Waals surface area contributed by atoms with Gasteiger partial charge >= 0.3 is 0 Å². The second kappa shape index (κ2) is 6.68. The minimum absolute atomic E-state index is 0.0901. The van der Waals surface area contributed by atoms with E-state index in [-0.39, 0.29) is 23.9 Å². The third-order valence-electron chi connectivity index (χ3n) is 4.43. The van der Waals surface area contributed by atoms with E-state index in [1.165, 1.54) is 29.3 Å². The van der Waals surface area contributed by atoms with Crippen LogP contribution in [0.25, 0.3) is 0 Å². The minimum Gasteiger partial charge on any atom is -0.345 e. The lowest BCUT2D eigenvalue weighted by atomic mass is 10.0. The molecule has 1 aliphatic rings. The first-order chi connectivity index (χ1) is 11.5. The number of aromatic nitrogens is 2. The SMILES string of the molecule is CN(C)C(=O)c1cn[nH]c1C1CCN(Cc2c(F)cccc2F)C1. The number of H-pyrrole nitrogens is 1. The first-order valence-corrected chi connectivity index (χ1v) is 7.87. The van der Waals surface area contributed by atoms with Crippen molar-refractivity contribution in [3.05, 3.63) is 52.9 Å². The highest BCUT2D eigenvalue weighted by Gasteiger charge is 2.30. The first-order valence-electron chi connectivity index (χ1n) is 7.87. The van der Waals surface area contributed by atoms with E-state index in [2.05, 4.69) is 10.2 Å². The highest BCUT2D eigenvalue weighted by atomic mass is 19.1. The number of nitrogens with one attached hydrogen (secondary N) is 1. The summed E-state index contributed by atoms with van der Waals surface area (Å²) in [5.41, 5.74) is 1.45. The van der Waals surface area contributed by atoms with Crippen molar-refractivity contribution in [2.45, 2.75) is 18.9 Å². The lowest BCUT2D eigenvalue weighted by molar-refractivity contribution is 0.0826. The van der Waals surface area contributed by atoms with Crippen LogP contribution in [0.1, 0.15) is 34.0 Å². The molecule has 1 amide bonds. The fourth-order valence-corrected chi connectivity index (χ4v) is 3.14. The summed E-state index contributed by atoms with van der Waals surface area (Å²) < 4.78 is 27.6. The Kier molecular flexibility index (Phi) is 4.62. The number of rotatable bonds is 4. The van der Waals surface area contributed by atoms with Crippen LogP contribution in [0.3, 0.4) is 0 Å². The molecule has 1 saturated heterocycles. The van der Waals surface area contributed by atoms with E-state index in [0.717, 1.165) is 12.1 Å². The number of carbonyl (C=O) groups is 1. The lowest BCUT2D eigenvalue weighted by Gasteiger charge is -2.17. The molecule has 5 nitrogen and oxygen atoms in total. The van der Waals surface area contributed by atoms with Gasteiger partial charge in [0.05, 0.1) is 17.5 Å². The normalized spacial score (nSPS) is 18.1. The molecule has 1 unspecified atom stereocenters. The molecule has 1 aliphatic heterocycles. The van der Waals surface area contributed by atoms with Crippen molar-refractivity contribution in [3.8, 4) is 0 Å². The Morgan fingerprint density at radius 1 is 1.38 bits per heavy atom.